The van der Waals surface area contributed by atoms with E-state index in [1.807, 2.05) is 38.1 Å². The lowest BCUT2D eigenvalue weighted by atomic mass is 10.2. The van der Waals surface area contributed by atoms with E-state index in [9.17, 15) is 8.78 Å². The number of aromatic nitrogens is 3. The molecule has 0 N–H and O–H groups in total. The van der Waals surface area contributed by atoms with Gasteiger partial charge in [-0.25, -0.2) is 4.98 Å². The third kappa shape index (κ3) is 3.43. The van der Waals surface area contributed by atoms with Crippen LogP contribution in [0.4, 0.5) is 8.78 Å². The zero-order chi connectivity index (χ0) is 17.1. The van der Waals surface area contributed by atoms with E-state index in [4.69, 9.17) is 0 Å². The summed E-state index contributed by atoms with van der Waals surface area (Å²) in [7, 11) is 0. The van der Waals surface area contributed by atoms with E-state index in [0.717, 1.165) is 10.3 Å². The molecule has 0 fully saturated rings. The molecule has 0 bridgehead atoms. The average Bonchev–Trinajstić information content (AvgIpc) is 2.93. The summed E-state index contributed by atoms with van der Waals surface area (Å²) >= 11 is 0. The van der Waals surface area contributed by atoms with Crippen molar-refractivity contribution in [1.82, 2.24) is 19.4 Å². The van der Waals surface area contributed by atoms with Gasteiger partial charge in [0.05, 0.1) is 23.3 Å². The van der Waals surface area contributed by atoms with E-state index in [0.29, 0.717) is 29.9 Å². The molecular weight excluding hydrogens is 310 g/mol. The normalized spacial score (nSPS) is 12.0. The van der Waals surface area contributed by atoms with Crippen LogP contribution < -0.4 is 0 Å². The highest BCUT2D eigenvalue weighted by Gasteiger charge is 2.21. The first-order valence-electron chi connectivity index (χ1n) is 7.94. The molecule has 0 saturated carbocycles. The van der Waals surface area contributed by atoms with Gasteiger partial charge in [0.1, 0.15) is 5.82 Å². The summed E-state index contributed by atoms with van der Waals surface area (Å²) in [5.41, 5.74) is 1.96. The number of halogens is 2. The van der Waals surface area contributed by atoms with Crippen LogP contribution in [-0.4, -0.2) is 25.5 Å². The second kappa shape index (κ2) is 7.05. The number of rotatable bonds is 6. The van der Waals surface area contributed by atoms with Gasteiger partial charge in [0.2, 0.25) is 0 Å². The Morgan fingerprint density at radius 1 is 1.04 bits per heavy atom. The van der Waals surface area contributed by atoms with Crippen LogP contribution in [0.2, 0.25) is 0 Å². The maximum atomic E-state index is 13.6. The second-order valence-corrected chi connectivity index (χ2v) is 5.98. The third-order valence-electron chi connectivity index (χ3n) is 4.03. The van der Waals surface area contributed by atoms with Crippen molar-refractivity contribution in [3.8, 4) is 0 Å². The van der Waals surface area contributed by atoms with Gasteiger partial charge >= 0.3 is 6.55 Å². The molecule has 6 heteroatoms. The van der Waals surface area contributed by atoms with Gasteiger partial charge in [-0.2, -0.15) is 8.78 Å². The van der Waals surface area contributed by atoms with Gasteiger partial charge in [-0.15, -0.1) is 0 Å². The molecular formula is C18H20F2N4. The lowest BCUT2D eigenvalue weighted by molar-refractivity contribution is 0.0666. The lowest BCUT2D eigenvalue weighted by Crippen LogP contribution is -2.31. The highest BCUT2D eigenvalue weighted by atomic mass is 19.3. The molecule has 0 aliphatic rings. The topological polar surface area (TPSA) is 34.0 Å². The van der Waals surface area contributed by atoms with E-state index < -0.39 is 6.55 Å². The standard InChI is InChI=1S/C18H20F2N4/c1-13(2)23(11-14-7-5-6-10-21-14)12-17-22-15-8-3-4-9-16(15)24(17)18(19)20/h3-10,13,18H,11-12H2,1-2H3. The highest BCUT2D eigenvalue weighted by Crippen LogP contribution is 2.24. The van der Waals surface area contributed by atoms with Crippen molar-refractivity contribution in [2.45, 2.75) is 39.5 Å². The van der Waals surface area contributed by atoms with Crippen LogP contribution in [0.3, 0.4) is 0 Å². The number of imidazole rings is 1. The van der Waals surface area contributed by atoms with Crippen molar-refractivity contribution in [1.29, 1.82) is 0 Å². The average molecular weight is 330 g/mol. The molecule has 0 atom stereocenters. The number of alkyl halides is 2. The van der Waals surface area contributed by atoms with Crippen molar-refractivity contribution >= 4 is 11.0 Å². The van der Waals surface area contributed by atoms with E-state index in [1.165, 1.54) is 0 Å². The Kier molecular flexibility index (Phi) is 4.85. The number of fused-ring (bicyclic) bond motifs is 1. The van der Waals surface area contributed by atoms with Crippen molar-refractivity contribution in [2.24, 2.45) is 0 Å². The number of hydrogen-bond donors (Lipinski definition) is 0. The first-order valence-corrected chi connectivity index (χ1v) is 7.94. The lowest BCUT2D eigenvalue weighted by Gasteiger charge is -2.26. The molecule has 0 spiro atoms. The largest absolute Gasteiger partial charge is 0.320 e. The quantitative estimate of drug-likeness (QED) is 0.678. The summed E-state index contributed by atoms with van der Waals surface area (Å²) < 4.78 is 28.1. The maximum absolute atomic E-state index is 13.6. The molecule has 0 unspecified atom stereocenters. The van der Waals surface area contributed by atoms with Crippen molar-refractivity contribution in [3.63, 3.8) is 0 Å². The summed E-state index contributed by atoms with van der Waals surface area (Å²) in [6.07, 6.45) is 1.74. The van der Waals surface area contributed by atoms with Crippen molar-refractivity contribution in [3.05, 3.63) is 60.2 Å². The molecule has 0 aliphatic heterocycles. The zero-order valence-corrected chi connectivity index (χ0v) is 13.7. The highest BCUT2D eigenvalue weighted by molar-refractivity contribution is 5.75. The number of hydrogen-bond acceptors (Lipinski definition) is 3. The molecule has 126 valence electrons. The summed E-state index contributed by atoms with van der Waals surface area (Å²) in [4.78, 5) is 10.8. The predicted molar refractivity (Wildman–Crippen MR) is 89.6 cm³/mol. The Morgan fingerprint density at radius 2 is 1.79 bits per heavy atom. The van der Waals surface area contributed by atoms with Crippen LogP contribution in [0, 0.1) is 0 Å². The Bertz CT molecular complexity index is 799. The van der Waals surface area contributed by atoms with Crippen molar-refractivity contribution in [2.75, 3.05) is 0 Å². The fraction of sp³-hybridized carbons (Fsp3) is 0.333. The van der Waals surface area contributed by atoms with Crippen LogP contribution in [0.25, 0.3) is 11.0 Å². The van der Waals surface area contributed by atoms with Gasteiger partial charge in [0.25, 0.3) is 0 Å². The number of pyridine rings is 1. The first-order chi connectivity index (χ1) is 11.6. The predicted octanol–water partition coefficient (Wildman–Crippen LogP) is 4.24. The minimum Gasteiger partial charge on any atom is -0.288 e. The van der Waals surface area contributed by atoms with Crippen LogP contribution in [0.5, 0.6) is 0 Å². The molecule has 24 heavy (non-hydrogen) atoms. The molecule has 3 aromatic rings. The summed E-state index contributed by atoms with van der Waals surface area (Å²) in [6.45, 7) is 2.39. The van der Waals surface area contributed by atoms with Gasteiger partial charge in [0, 0.05) is 18.8 Å². The number of para-hydroxylation sites is 2. The number of nitrogens with zero attached hydrogens (tertiary/aromatic N) is 4. The molecule has 2 aromatic heterocycles. The molecule has 3 rings (SSSR count). The van der Waals surface area contributed by atoms with Crippen molar-refractivity contribution < 1.29 is 8.78 Å². The fourth-order valence-corrected chi connectivity index (χ4v) is 2.73. The van der Waals surface area contributed by atoms with E-state index >= 15 is 0 Å². The summed E-state index contributed by atoms with van der Waals surface area (Å²) in [5.74, 6) is 0.371. The van der Waals surface area contributed by atoms with E-state index in [-0.39, 0.29) is 6.04 Å². The van der Waals surface area contributed by atoms with E-state index in [1.54, 1.807) is 24.4 Å². The van der Waals surface area contributed by atoms with Crippen LogP contribution in [0.15, 0.2) is 48.7 Å². The zero-order valence-electron chi connectivity index (χ0n) is 13.7. The third-order valence-corrected chi connectivity index (χ3v) is 4.03. The smallest absolute Gasteiger partial charge is 0.288 e. The molecule has 1 aromatic carbocycles. The molecule has 4 nitrogen and oxygen atoms in total. The van der Waals surface area contributed by atoms with Crippen LogP contribution in [0.1, 0.15) is 31.9 Å². The Hall–Kier alpha value is -2.34. The first kappa shape index (κ1) is 16.5. The Morgan fingerprint density at radius 3 is 2.46 bits per heavy atom. The second-order valence-electron chi connectivity index (χ2n) is 5.98. The van der Waals surface area contributed by atoms with Gasteiger partial charge < -0.3 is 0 Å². The maximum Gasteiger partial charge on any atom is 0.320 e. The van der Waals surface area contributed by atoms with E-state index in [2.05, 4.69) is 14.9 Å². The molecule has 0 aliphatic carbocycles. The molecule has 0 radical (unpaired) electrons. The molecule has 0 saturated heterocycles. The summed E-state index contributed by atoms with van der Waals surface area (Å²) in [5, 5.41) is 0. The van der Waals surface area contributed by atoms with Crippen LogP contribution in [-0.2, 0) is 13.1 Å². The Balaban J connectivity index is 1.92. The fourth-order valence-electron chi connectivity index (χ4n) is 2.73. The van der Waals surface area contributed by atoms with Gasteiger partial charge in [-0.1, -0.05) is 18.2 Å². The SMILES string of the molecule is CC(C)N(Cc1ccccn1)Cc1nc2ccccc2n1C(F)F. The molecule has 0 amide bonds. The monoisotopic (exact) mass is 330 g/mol. The van der Waals surface area contributed by atoms with Crippen LogP contribution >= 0.6 is 0 Å². The van der Waals surface area contributed by atoms with Gasteiger partial charge in [-0.05, 0) is 38.1 Å². The summed E-state index contributed by atoms with van der Waals surface area (Å²) in [6, 6.07) is 12.9. The minimum absolute atomic E-state index is 0.179. The van der Waals surface area contributed by atoms with Gasteiger partial charge in [-0.3, -0.25) is 14.5 Å². The number of benzene rings is 1. The van der Waals surface area contributed by atoms with Gasteiger partial charge in [0.15, 0.2) is 0 Å². The Labute approximate surface area is 139 Å². The molecule has 2 heterocycles. The minimum atomic E-state index is -2.61.